The molecule has 0 atom stereocenters. The molecule has 0 aliphatic carbocycles. The fourth-order valence-electron chi connectivity index (χ4n) is 2.65. The molecule has 0 saturated heterocycles. The molecule has 4 aromatic rings. The van der Waals surface area contributed by atoms with Crippen molar-refractivity contribution in [3.05, 3.63) is 79.9 Å². The Morgan fingerprint density at radius 1 is 1.37 bits per heavy atom. The molecule has 3 aromatic heterocycles. The van der Waals surface area contributed by atoms with Crippen LogP contribution in [0.3, 0.4) is 0 Å². The molecule has 0 unspecified atom stereocenters. The van der Waals surface area contributed by atoms with E-state index < -0.39 is 4.92 Å². The van der Waals surface area contributed by atoms with Crippen LogP contribution in [0.4, 0.5) is 5.69 Å². The van der Waals surface area contributed by atoms with Gasteiger partial charge in [0.2, 0.25) is 0 Å². The number of benzene rings is 1. The Labute approximate surface area is 156 Å². The van der Waals surface area contributed by atoms with E-state index in [2.05, 4.69) is 10.1 Å². The number of hydrogen-bond acceptors (Lipinski definition) is 7. The molecular formula is C18H12N4O4S. The normalized spacial score (nSPS) is 11.4. The number of rotatable bonds is 4. The second kappa shape index (κ2) is 6.61. The van der Waals surface area contributed by atoms with Gasteiger partial charge in [-0.3, -0.25) is 14.9 Å². The molecule has 0 radical (unpaired) electrons. The van der Waals surface area contributed by atoms with E-state index in [0.29, 0.717) is 32.7 Å². The van der Waals surface area contributed by atoms with Crippen molar-refractivity contribution in [1.29, 1.82) is 0 Å². The zero-order valence-corrected chi connectivity index (χ0v) is 14.8. The SMILES string of the molecule is Cc1ccc(/C=N\n2cnc3scc(-c4ccco4)c3c2=O)cc1[N+](=O)[O-]. The van der Waals surface area contributed by atoms with Gasteiger partial charge >= 0.3 is 0 Å². The molecule has 0 saturated carbocycles. The van der Waals surface area contributed by atoms with Crippen LogP contribution in [0.15, 0.2) is 62.6 Å². The lowest BCUT2D eigenvalue weighted by molar-refractivity contribution is -0.385. The van der Waals surface area contributed by atoms with Crippen LogP contribution in [0.1, 0.15) is 11.1 Å². The maximum Gasteiger partial charge on any atom is 0.283 e. The lowest BCUT2D eigenvalue weighted by atomic mass is 10.1. The fourth-order valence-corrected chi connectivity index (χ4v) is 3.54. The topological polar surface area (TPSA) is 104 Å². The summed E-state index contributed by atoms with van der Waals surface area (Å²) in [6.45, 7) is 1.66. The van der Waals surface area contributed by atoms with E-state index in [1.807, 2.05) is 5.38 Å². The molecular weight excluding hydrogens is 368 g/mol. The summed E-state index contributed by atoms with van der Waals surface area (Å²) in [4.78, 5) is 28.3. The number of thiophene rings is 1. The van der Waals surface area contributed by atoms with Gasteiger partial charge in [-0.25, -0.2) is 4.98 Å². The first-order valence-electron chi connectivity index (χ1n) is 7.87. The summed E-state index contributed by atoms with van der Waals surface area (Å²) in [5.41, 5.74) is 1.38. The van der Waals surface area contributed by atoms with E-state index in [1.54, 1.807) is 31.2 Å². The van der Waals surface area contributed by atoms with Gasteiger partial charge in [-0.2, -0.15) is 9.78 Å². The van der Waals surface area contributed by atoms with Gasteiger partial charge in [0.25, 0.3) is 11.2 Å². The number of nitro groups is 1. The minimum absolute atomic E-state index is 0.00202. The van der Waals surface area contributed by atoms with Crippen molar-refractivity contribution in [1.82, 2.24) is 9.66 Å². The van der Waals surface area contributed by atoms with Crippen LogP contribution < -0.4 is 5.56 Å². The Hall–Kier alpha value is -3.59. The zero-order chi connectivity index (χ0) is 19.0. The van der Waals surface area contributed by atoms with Gasteiger partial charge in [0.15, 0.2) is 0 Å². The van der Waals surface area contributed by atoms with Gasteiger partial charge in [-0.05, 0) is 19.1 Å². The predicted octanol–water partition coefficient (Wildman–Crippen LogP) is 3.82. The molecule has 8 nitrogen and oxygen atoms in total. The highest BCUT2D eigenvalue weighted by Crippen LogP contribution is 2.30. The molecule has 9 heteroatoms. The van der Waals surface area contributed by atoms with Gasteiger partial charge in [0.1, 0.15) is 16.9 Å². The Morgan fingerprint density at radius 2 is 2.22 bits per heavy atom. The summed E-state index contributed by atoms with van der Waals surface area (Å²) in [6.07, 6.45) is 4.25. The Bertz CT molecular complexity index is 1240. The van der Waals surface area contributed by atoms with Crippen LogP contribution in [0.5, 0.6) is 0 Å². The van der Waals surface area contributed by atoms with Crippen molar-refractivity contribution in [2.45, 2.75) is 6.92 Å². The second-order valence-electron chi connectivity index (χ2n) is 5.75. The molecule has 0 aliphatic heterocycles. The van der Waals surface area contributed by atoms with E-state index in [4.69, 9.17) is 4.42 Å². The van der Waals surface area contributed by atoms with Crippen molar-refractivity contribution < 1.29 is 9.34 Å². The predicted molar refractivity (Wildman–Crippen MR) is 102 cm³/mol. The van der Waals surface area contributed by atoms with Crippen molar-refractivity contribution in [3.63, 3.8) is 0 Å². The molecule has 0 fully saturated rings. The lowest BCUT2D eigenvalue weighted by Crippen LogP contribution is -2.16. The molecule has 0 spiro atoms. The van der Waals surface area contributed by atoms with E-state index in [1.165, 1.54) is 36.2 Å². The van der Waals surface area contributed by atoms with Crippen LogP contribution in [-0.2, 0) is 0 Å². The minimum atomic E-state index is -0.451. The van der Waals surface area contributed by atoms with E-state index in [-0.39, 0.29) is 11.2 Å². The van der Waals surface area contributed by atoms with Gasteiger partial charge in [-0.15, -0.1) is 11.3 Å². The van der Waals surface area contributed by atoms with Crippen LogP contribution in [0.2, 0.25) is 0 Å². The maximum absolute atomic E-state index is 12.8. The van der Waals surface area contributed by atoms with Gasteiger partial charge in [-0.1, -0.05) is 12.1 Å². The standard InChI is InChI=1S/C18H12N4O4S/c1-11-4-5-12(7-14(11)22(24)25)8-20-21-10-19-17-16(18(21)23)13(9-27-17)15-3-2-6-26-15/h2-10H,1H3/b20-8-. The summed E-state index contributed by atoms with van der Waals surface area (Å²) < 4.78 is 6.49. The van der Waals surface area contributed by atoms with Gasteiger partial charge in [0.05, 0.1) is 22.8 Å². The Kier molecular flexibility index (Phi) is 4.13. The third-order valence-electron chi connectivity index (χ3n) is 4.03. The number of nitrogens with zero attached hydrogens (tertiary/aromatic N) is 4. The molecule has 0 amide bonds. The highest BCUT2D eigenvalue weighted by Gasteiger charge is 2.15. The van der Waals surface area contributed by atoms with E-state index in [9.17, 15) is 14.9 Å². The average molecular weight is 380 g/mol. The Balaban J connectivity index is 1.77. The number of fused-ring (bicyclic) bond motifs is 1. The van der Waals surface area contributed by atoms with Gasteiger partial charge < -0.3 is 4.42 Å². The number of aryl methyl sites for hydroxylation is 1. The molecule has 0 bridgehead atoms. The largest absolute Gasteiger partial charge is 0.464 e. The first-order valence-corrected chi connectivity index (χ1v) is 8.74. The average Bonchev–Trinajstić information content (AvgIpc) is 3.31. The van der Waals surface area contributed by atoms with Gasteiger partial charge in [0, 0.05) is 28.1 Å². The van der Waals surface area contributed by atoms with Crippen molar-refractivity contribution in [2.75, 3.05) is 0 Å². The van der Waals surface area contributed by atoms with Crippen molar-refractivity contribution in [3.8, 4) is 11.3 Å². The minimum Gasteiger partial charge on any atom is -0.464 e. The molecule has 0 N–H and O–H groups in total. The van der Waals surface area contributed by atoms with Crippen molar-refractivity contribution in [2.24, 2.45) is 5.10 Å². The highest BCUT2D eigenvalue weighted by molar-refractivity contribution is 7.17. The quantitative estimate of drug-likeness (QED) is 0.304. The fraction of sp³-hybridized carbons (Fsp3) is 0.0556. The lowest BCUT2D eigenvalue weighted by Gasteiger charge is -2.00. The number of nitro benzene ring substituents is 1. The molecule has 3 heterocycles. The summed E-state index contributed by atoms with van der Waals surface area (Å²) in [7, 11) is 0. The first-order chi connectivity index (χ1) is 13.0. The summed E-state index contributed by atoms with van der Waals surface area (Å²) >= 11 is 1.34. The zero-order valence-electron chi connectivity index (χ0n) is 14.0. The molecule has 134 valence electrons. The Morgan fingerprint density at radius 3 is 2.96 bits per heavy atom. The van der Waals surface area contributed by atoms with E-state index in [0.717, 1.165) is 4.68 Å². The summed E-state index contributed by atoms with van der Waals surface area (Å²) in [5, 5.41) is 17.4. The van der Waals surface area contributed by atoms with E-state index >= 15 is 0 Å². The maximum atomic E-state index is 12.8. The van der Waals surface area contributed by atoms with Crippen LogP contribution >= 0.6 is 11.3 Å². The molecule has 4 rings (SSSR count). The number of hydrogen-bond donors (Lipinski definition) is 0. The second-order valence-corrected chi connectivity index (χ2v) is 6.61. The third-order valence-corrected chi connectivity index (χ3v) is 4.91. The van der Waals surface area contributed by atoms with Crippen LogP contribution in [0, 0.1) is 17.0 Å². The smallest absolute Gasteiger partial charge is 0.283 e. The van der Waals surface area contributed by atoms with Crippen LogP contribution in [-0.4, -0.2) is 20.8 Å². The molecule has 1 aromatic carbocycles. The molecule has 27 heavy (non-hydrogen) atoms. The van der Waals surface area contributed by atoms with Crippen LogP contribution in [0.25, 0.3) is 21.5 Å². The number of aromatic nitrogens is 2. The highest BCUT2D eigenvalue weighted by atomic mass is 32.1. The molecule has 0 aliphatic rings. The number of furan rings is 1. The monoisotopic (exact) mass is 380 g/mol. The summed E-state index contributed by atoms with van der Waals surface area (Å²) in [6, 6.07) is 8.26. The summed E-state index contributed by atoms with van der Waals surface area (Å²) in [5.74, 6) is 0.580. The third kappa shape index (κ3) is 3.04. The van der Waals surface area contributed by atoms with Crippen molar-refractivity contribution >= 4 is 33.5 Å². The first kappa shape index (κ1) is 16.9.